The molecule has 1 aliphatic rings. The molecule has 75 valence electrons. The van der Waals surface area contributed by atoms with E-state index in [2.05, 4.69) is 4.90 Å². The Balaban J connectivity index is 2.38. The molecule has 0 saturated carbocycles. The Morgan fingerprint density at radius 1 is 1.50 bits per heavy atom. The lowest BCUT2D eigenvalue weighted by atomic mass is 9.66. The molecule has 1 radical (unpaired) electrons. The molecule has 1 aliphatic heterocycles. The molecule has 0 aromatic carbocycles. The molecule has 0 amide bonds. The first-order chi connectivity index (χ1) is 6.74. The SMILES string of the molecule is N#C[B]C(CN1CCCCC1)C(=O)O. The molecule has 0 spiro atoms. The summed E-state index contributed by atoms with van der Waals surface area (Å²) in [5.41, 5.74) is 0. The molecular weight excluding hydrogens is 179 g/mol. The van der Waals surface area contributed by atoms with Crippen LogP contribution >= 0.6 is 0 Å². The Morgan fingerprint density at radius 3 is 2.64 bits per heavy atom. The fourth-order valence-electron chi connectivity index (χ4n) is 1.71. The Kier molecular flexibility index (Phi) is 4.47. The van der Waals surface area contributed by atoms with Crippen molar-refractivity contribution in [1.82, 2.24) is 4.90 Å². The third-order valence-corrected chi connectivity index (χ3v) is 2.50. The van der Waals surface area contributed by atoms with Gasteiger partial charge in [-0.25, -0.2) is 5.26 Å². The van der Waals surface area contributed by atoms with Gasteiger partial charge in [-0.1, -0.05) is 6.42 Å². The minimum atomic E-state index is -0.905. The third kappa shape index (κ3) is 3.39. The molecule has 1 heterocycles. The predicted molar refractivity (Wildman–Crippen MR) is 53.0 cm³/mol. The summed E-state index contributed by atoms with van der Waals surface area (Å²) in [6.07, 6.45) is 3.51. The average molecular weight is 193 g/mol. The molecule has 0 aromatic heterocycles. The van der Waals surface area contributed by atoms with Gasteiger partial charge in [0.05, 0.1) is 5.82 Å². The van der Waals surface area contributed by atoms with Crippen LogP contribution in [0.15, 0.2) is 0 Å². The molecule has 0 aromatic rings. The van der Waals surface area contributed by atoms with Crippen molar-refractivity contribution in [2.24, 2.45) is 0 Å². The first kappa shape index (κ1) is 11.1. The lowest BCUT2D eigenvalue weighted by molar-refractivity contribution is -0.137. The molecular formula is C9H14BN2O2. The van der Waals surface area contributed by atoms with Crippen LogP contribution in [0.1, 0.15) is 19.3 Å². The average Bonchev–Trinajstić information content (AvgIpc) is 2.18. The van der Waals surface area contributed by atoms with Gasteiger partial charge in [0.25, 0.3) is 7.28 Å². The van der Waals surface area contributed by atoms with Gasteiger partial charge in [-0.3, -0.25) is 4.79 Å². The monoisotopic (exact) mass is 193 g/mol. The molecule has 1 atom stereocenters. The van der Waals surface area contributed by atoms with Crippen molar-refractivity contribution < 1.29 is 9.90 Å². The number of hydrogen-bond acceptors (Lipinski definition) is 3. The van der Waals surface area contributed by atoms with Crippen LogP contribution in [0, 0.1) is 11.2 Å². The van der Waals surface area contributed by atoms with Crippen molar-refractivity contribution >= 4 is 13.2 Å². The van der Waals surface area contributed by atoms with Gasteiger partial charge in [0.1, 0.15) is 0 Å². The molecule has 14 heavy (non-hydrogen) atoms. The summed E-state index contributed by atoms with van der Waals surface area (Å²) in [7, 11) is 1.21. The van der Waals surface area contributed by atoms with Gasteiger partial charge in [0.15, 0.2) is 0 Å². The van der Waals surface area contributed by atoms with Crippen LogP contribution in [0.3, 0.4) is 0 Å². The second-order valence-electron chi connectivity index (χ2n) is 3.60. The van der Waals surface area contributed by atoms with Gasteiger partial charge >= 0.3 is 5.97 Å². The van der Waals surface area contributed by atoms with Gasteiger partial charge in [-0.2, -0.15) is 0 Å². The maximum atomic E-state index is 10.8. The fourth-order valence-corrected chi connectivity index (χ4v) is 1.71. The molecule has 1 unspecified atom stereocenters. The standard InChI is InChI=1S/C9H14BN2O2/c11-7-10-8(9(13)14)6-12-4-2-1-3-5-12/h8H,1-6H2,(H,13,14). The molecule has 1 fully saturated rings. The molecule has 5 heteroatoms. The lowest BCUT2D eigenvalue weighted by Crippen LogP contribution is -2.36. The number of hydrogen-bond donors (Lipinski definition) is 1. The summed E-state index contributed by atoms with van der Waals surface area (Å²) >= 11 is 0. The van der Waals surface area contributed by atoms with Crippen molar-refractivity contribution in [1.29, 1.82) is 5.26 Å². The van der Waals surface area contributed by atoms with Gasteiger partial charge in [0, 0.05) is 6.54 Å². The number of carbonyl (C=O) groups is 1. The zero-order chi connectivity index (χ0) is 10.4. The summed E-state index contributed by atoms with van der Waals surface area (Å²) in [4.78, 5) is 12.9. The van der Waals surface area contributed by atoms with E-state index in [0.29, 0.717) is 6.54 Å². The van der Waals surface area contributed by atoms with Gasteiger partial charge < -0.3 is 10.0 Å². The molecule has 1 rings (SSSR count). The Labute approximate surface area is 84.7 Å². The van der Waals surface area contributed by atoms with Crippen molar-refractivity contribution in [3.8, 4) is 5.97 Å². The van der Waals surface area contributed by atoms with E-state index in [1.807, 2.05) is 0 Å². The number of piperidine rings is 1. The van der Waals surface area contributed by atoms with E-state index in [-0.39, 0.29) is 0 Å². The van der Waals surface area contributed by atoms with Crippen LogP contribution in [-0.4, -0.2) is 42.9 Å². The number of carboxylic acids is 1. The van der Waals surface area contributed by atoms with Crippen LogP contribution in [0.5, 0.6) is 0 Å². The highest BCUT2D eigenvalue weighted by Gasteiger charge is 2.22. The summed E-state index contributed by atoms with van der Waals surface area (Å²) in [6.45, 7) is 2.40. The van der Waals surface area contributed by atoms with E-state index in [1.165, 1.54) is 13.7 Å². The van der Waals surface area contributed by atoms with Crippen LogP contribution in [0.2, 0.25) is 5.82 Å². The number of aliphatic carboxylic acids is 1. The number of nitriles is 1. The summed E-state index contributed by atoms with van der Waals surface area (Å²) in [5, 5.41) is 17.3. The van der Waals surface area contributed by atoms with E-state index in [4.69, 9.17) is 10.4 Å². The Bertz CT molecular complexity index is 233. The molecule has 1 saturated heterocycles. The highest BCUT2D eigenvalue weighted by molar-refractivity contribution is 6.51. The maximum absolute atomic E-state index is 10.8. The fraction of sp³-hybridized carbons (Fsp3) is 0.778. The highest BCUT2D eigenvalue weighted by atomic mass is 16.4. The van der Waals surface area contributed by atoms with Crippen molar-refractivity contribution in [2.45, 2.75) is 25.1 Å². The summed E-state index contributed by atoms with van der Waals surface area (Å²) < 4.78 is 0. The smallest absolute Gasteiger partial charge is 0.301 e. The Hall–Kier alpha value is -1.02. The maximum Gasteiger partial charge on any atom is 0.301 e. The zero-order valence-corrected chi connectivity index (χ0v) is 8.15. The van der Waals surface area contributed by atoms with E-state index >= 15 is 0 Å². The highest BCUT2D eigenvalue weighted by Crippen LogP contribution is 2.13. The van der Waals surface area contributed by atoms with Gasteiger partial charge in [-0.15, -0.1) is 0 Å². The van der Waals surface area contributed by atoms with E-state index < -0.39 is 11.8 Å². The van der Waals surface area contributed by atoms with Crippen LogP contribution in [0.25, 0.3) is 0 Å². The first-order valence-electron chi connectivity index (χ1n) is 4.92. The lowest BCUT2D eigenvalue weighted by Gasteiger charge is -2.28. The normalized spacial score (nSPS) is 19.6. The minimum Gasteiger partial charge on any atom is -0.481 e. The zero-order valence-electron chi connectivity index (χ0n) is 8.15. The molecule has 0 bridgehead atoms. The Morgan fingerprint density at radius 2 is 2.14 bits per heavy atom. The van der Waals surface area contributed by atoms with Gasteiger partial charge in [-0.05, 0) is 31.9 Å². The third-order valence-electron chi connectivity index (χ3n) is 2.50. The van der Waals surface area contributed by atoms with Crippen LogP contribution in [0.4, 0.5) is 0 Å². The minimum absolute atomic E-state index is 0.475. The second kappa shape index (κ2) is 5.66. The van der Waals surface area contributed by atoms with E-state index in [9.17, 15) is 4.79 Å². The number of carboxylic acid groups (broad SMARTS) is 1. The number of nitrogens with zero attached hydrogens (tertiary/aromatic N) is 2. The van der Waals surface area contributed by atoms with Gasteiger partial charge in [0.2, 0.25) is 0 Å². The first-order valence-corrected chi connectivity index (χ1v) is 4.92. The van der Waals surface area contributed by atoms with Crippen molar-refractivity contribution in [3.63, 3.8) is 0 Å². The summed E-state index contributed by atoms with van der Waals surface area (Å²) in [5.74, 6) is 0.260. The quantitative estimate of drug-likeness (QED) is 0.661. The predicted octanol–water partition coefficient (Wildman–Crippen LogP) is 0.531. The van der Waals surface area contributed by atoms with E-state index in [1.54, 1.807) is 5.97 Å². The largest absolute Gasteiger partial charge is 0.481 e. The second-order valence-corrected chi connectivity index (χ2v) is 3.60. The van der Waals surface area contributed by atoms with Crippen LogP contribution < -0.4 is 0 Å². The van der Waals surface area contributed by atoms with Crippen molar-refractivity contribution in [2.75, 3.05) is 19.6 Å². The van der Waals surface area contributed by atoms with Crippen LogP contribution in [-0.2, 0) is 4.79 Å². The number of rotatable bonds is 4. The molecule has 1 N–H and O–H groups in total. The van der Waals surface area contributed by atoms with E-state index in [0.717, 1.165) is 25.9 Å². The number of likely N-dealkylation sites (tertiary alicyclic amines) is 1. The molecule has 0 aliphatic carbocycles. The summed E-state index contributed by atoms with van der Waals surface area (Å²) in [6, 6.07) is 0. The topological polar surface area (TPSA) is 64.3 Å². The van der Waals surface area contributed by atoms with Crippen molar-refractivity contribution in [3.05, 3.63) is 0 Å². The molecule has 4 nitrogen and oxygen atoms in total.